The molecule has 0 bridgehead atoms. The molecule has 4 aliphatic rings. The number of hydrogen-bond donors (Lipinski definition) is 8. The highest BCUT2D eigenvalue weighted by Gasteiger charge is 2.47. The summed E-state index contributed by atoms with van der Waals surface area (Å²) in [6.45, 7) is 2.32. The molecule has 4 aromatic rings. The molecule has 0 aliphatic carbocycles. The maximum atomic E-state index is 11.2. The first-order valence-corrected chi connectivity index (χ1v) is 16.2. The molecule has 4 aromatic heterocycles. The van der Waals surface area contributed by atoms with E-state index in [2.05, 4.69) is 25.3 Å². The number of hydrogen-bond acceptors (Lipinski definition) is 19. The van der Waals surface area contributed by atoms with Gasteiger partial charge in [0.15, 0.2) is 46.4 Å². The van der Waals surface area contributed by atoms with E-state index in [0.29, 0.717) is 62.1 Å². The van der Waals surface area contributed by atoms with E-state index in [1.54, 1.807) is 0 Å². The lowest BCUT2D eigenvalue weighted by atomic mass is 10.1. The van der Waals surface area contributed by atoms with Crippen LogP contribution in [0.4, 0.5) is 29.5 Å². The Labute approximate surface area is 277 Å². The second-order valence-electron chi connectivity index (χ2n) is 12.4. The average molecular weight is 687 g/mol. The van der Waals surface area contributed by atoms with Gasteiger partial charge in [0.25, 0.3) is 0 Å². The molecule has 8 atom stereocenters. The zero-order chi connectivity index (χ0) is 34.0. The minimum Gasteiger partial charge on any atom is -0.394 e. The van der Waals surface area contributed by atoms with Crippen LogP contribution in [0.15, 0.2) is 6.33 Å². The molecule has 0 spiro atoms. The molecule has 264 valence electrons. The Morgan fingerprint density at radius 2 is 1.24 bits per heavy atom. The first-order valence-electron chi connectivity index (χ1n) is 16.2. The zero-order valence-corrected chi connectivity index (χ0v) is 26.2. The number of imidazole rings is 2. The van der Waals surface area contributed by atoms with Crippen molar-refractivity contribution < 1.29 is 44.8 Å². The Morgan fingerprint density at radius 3 is 1.82 bits per heavy atom. The Kier molecular flexibility index (Phi) is 8.32. The molecule has 9 N–H and O–H groups in total. The van der Waals surface area contributed by atoms with Gasteiger partial charge in [-0.15, -0.1) is 0 Å². The molecule has 8 heterocycles. The van der Waals surface area contributed by atoms with E-state index in [4.69, 9.17) is 29.9 Å². The molecular formula is C28H38N12O9. The maximum Gasteiger partial charge on any atom is 0.224 e. The summed E-state index contributed by atoms with van der Waals surface area (Å²) in [5, 5.41) is 66.7. The topological polar surface area (TPSA) is 281 Å². The normalized spacial score (nSPS) is 30.7. The van der Waals surface area contributed by atoms with Crippen molar-refractivity contribution >= 4 is 51.8 Å². The van der Waals surface area contributed by atoms with Gasteiger partial charge in [-0.2, -0.15) is 9.97 Å². The number of nitrogen functional groups attached to an aromatic ring is 1. The second-order valence-corrected chi connectivity index (χ2v) is 12.4. The fourth-order valence-electron chi connectivity index (χ4n) is 6.97. The average Bonchev–Trinajstić information content (AvgIpc) is 3.94. The van der Waals surface area contributed by atoms with Gasteiger partial charge in [-0.3, -0.25) is 14.5 Å². The molecule has 0 radical (unpaired) electrons. The summed E-state index contributed by atoms with van der Waals surface area (Å²) in [6, 6.07) is 0. The van der Waals surface area contributed by atoms with Crippen LogP contribution in [0.1, 0.15) is 25.3 Å². The highest BCUT2D eigenvalue weighted by molar-refractivity contribution is 5.89. The summed E-state index contributed by atoms with van der Waals surface area (Å²) in [6.07, 6.45) is -7.43. The van der Waals surface area contributed by atoms with Crippen molar-refractivity contribution in [2.75, 3.05) is 73.5 Å². The van der Waals surface area contributed by atoms with E-state index in [1.807, 2.05) is 9.80 Å². The fourth-order valence-corrected chi connectivity index (χ4v) is 6.97. The van der Waals surface area contributed by atoms with Crippen molar-refractivity contribution in [1.29, 1.82) is 0 Å². The third-order valence-electron chi connectivity index (χ3n) is 9.48. The van der Waals surface area contributed by atoms with E-state index in [9.17, 15) is 30.6 Å². The molecule has 0 saturated carbocycles. The van der Waals surface area contributed by atoms with Gasteiger partial charge < -0.3 is 60.4 Å². The third kappa shape index (κ3) is 5.28. The maximum absolute atomic E-state index is 11.2. The lowest BCUT2D eigenvalue weighted by Crippen LogP contribution is -2.37. The Morgan fingerprint density at radius 1 is 0.694 bits per heavy atom. The number of nitrogens with one attached hydrogen (secondary N) is 1. The molecule has 4 aliphatic heterocycles. The standard InChI is InChI=1S/C28H38N12O9/c29-26-34-22(37-3-1-2-4-37)15-23(35-26)40(25-19(46)17(44)13(10-42)49-25)28(33-15)36-27-32-14-20(38-5-7-47-8-6-38)30-11-31-21(14)39(27)24-18(45)16(43)12(9-41)48-24/h11-13,16-19,24-25,41-46H,1-10H2,(H2,29,34,35)(H,32,33,36)/t12-,13-,16-,17-,18-,19-,24-,25-/m1/s1. The van der Waals surface area contributed by atoms with Gasteiger partial charge in [0.2, 0.25) is 17.8 Å². The molecule has 4 saturated heterocycles. The zero-order valence-electron chi connectivity index (χ0n) is 26.2. The van der Waals surface area contributed by atoms with Crippen LogP contribution in [0.5, 0.6) is 0 Å². The number of nitrogens with two attached hydrogens (primary N) is 1. The molecule has 4 fully saturated rings. The molecular weight excluding hydrogens is 648 g/mol. The van der Waals surface area contributed by atoms with Crippen LogP contribution < -0.4 is 20.9 Å². The van der Waals surface area contributed by atoms with Crippen LogP contribution in [0.3, 0.4) is 0 Å². The summed E-state index contributed by atoms with van der Waals surface area (Å²) in [5.74, 6) is 0.957. The van der Waals surface area contributed by atoms with Gasteiger partial charge in [0, 0.05) is 26.2 Å². The van der Waals surface area contributed by atoms with E-state index >= 15 is 0 Å². The molecule has 0 aromatic carbocycles. The van der Waals surface area contributed by atoms with Crippen LogP contribution in [-0.2, 0) is 14.2 Å². The Bertz CT molecular complexity index is 1830. The van der Waals surface area contributed by atoms with Crippen molar-refractivity contribution in [1.82, 2.24) is 39.0 Å². The molecule has 49 heavy (non-hydrogen) atoms. The predicted octanol–water partition coefficient (Wildman–Crippen LogP) is -3.05. The van der Waals surface area contributed by atoms with Gasteiger partial charge in [0.05, 0.1) is 26.4 Å². The predicted molar refractivity (Wildman–Crippen MR) is 169 cm³/mol. The minimum absolute atomic E-state index is 0.0226. The molecule has 8 rings (SSSR count). The van der Waals surface area contributed by atoms with Gasteiger partial charge in [-0.1, -0.05) is 0 Å². The van der Waals surface area contributed by atoms with Crippen molar-refractivity contribution in [3.05, 3.63) is 6.33 Å². The number of ether oxygens (including phenoxy) is 3. The number of aliphatic hydroxyl groups is 6. The Balaban J connectivity index is 1.32. The van der Waals surface area contributed by atoms with Crippen molar-refractivity contribution in [2.45, 2.75) is 61.9 Å². The highest BCUT2D eigenvalue weighted by Crippen LogP contribution is 2.40. The van der Waals surface area contributed by atoms with E-state index in [0.717, 1.165) is 12.8 Å². The number of nitrogens with zero attached hydrogens (tertiary/aromatic N) is 10. The number of aliphatic hydroxyl groups excluding tert-OH is 6. The first-order chi connectivity index (χ1) is 23.8. The van der Waals surface area contributed by atoms with E-state index in [-0.39, 0.29) is 29.1 Å². The van der Waals surface area contributed by atoms with Gasteiger partial charge in [-0.25, -0.2) is 19.9 Å². The number of anilines is 5. The number of rotatable bonds is 8. The summed E-state index contributed by atoms with van der Waals surface area (Å²) in [7, 11) is 0. The fraction of sp³-hybridized carbons (Fsp3) is 0.643. The molecule has 0 amide bonds. The lowest BCUT2D eigenvalue weighted by molar-refractivity contribution is -0.0509. The summed E-state index contributed by atoms with van der Waals surface area (Å²) >= 11 is 0. The summed E-state index contributed by atoms with van der Waals surface area (Å²) < 4.78 is 20.3. The largest absolute Gasteiger partial charge is 0.394 e. The highest BCUT2D eigenvalue weighted by atomic mass is 16.6. The van der Waals surface area contributed by atoms with Gasteiger partial charge in [0.1, 0.15) is 43.0 Å². The molecule has 0 unspecified atom stereocenters. The van der Waals surface area contributed by atoms with Crippen LogP contribution in [-0.4, -0.2) is 159 Å². The van der Waals surface area contributed by atoms with Crippen LogP contribution >= 0.6 is 0 Å². The third-order valence-corrected chi connectivity index (χ3v) is 9.48. The van der Waals surface area contributed by atoms with Crippen molar-refractivity contribution in [3.8, 4) is 0 Å². The SMILES string of the molecule is Nc1nc(N2CCCC2)c2nc(Nc3nc4c(N5CCOCC5)ncnc4n3[C@@H]3O[C@H](CO)[C@@H](O)[C@H]3O)n([C@@H]3O[C@H](CO)[C@@H](O)[C@H]3O)c2n1. The van der Waals surface area contributed by atoms with Gasteiger partial charge >= 0.3 is 0 Å². The number of aromatic nitrogens is 8. The van der Waals surface area contributed by atoms with Crippen LogP contribution in [0.25, 0.3) is 22.3 Å². The van der Waals surface area contributed by atoms with E-state index in [1.165, 1.54) is 15.5 Å². The van der Waals surface area contributed by atoms with Crippen molar-refractivity contribution in [3.63, 3.8) is 0 Å². The molecule has 21 heteroatoms. The first kappa shape index (κ1) is 32.2. The number of morpholine rings is 1. The van der Waals surface area contributed by atoms with Crippen molar-refractivity contribution in [2.24, 2.45) is 0 Å². The molecule has 21 nitrogen and oxygen atoms in total. The Hall–Kier alpha value is -4.06. The number of fused-ring (bicyclic) bond motifs is 2. The van der Waals surface area contributed by atoms with Gasteiger partial charge in [-0.05, 0) is 12.8 Å². The second kappa shape index (κ2) is 12.7. The monoisotopic (exact) mass is 686 g/mol. The minimum atomic E-state index is -1.51. The smallest absolute Gasteiger partial charge is 0.224 e. The lowest BCUT2D eigenvalue weighted by Gasteiger charge is -2.27. The summed E-state index contributed by atoms with van der Waals surface area (Å²) in [4.78, 5) is 31.6. The quantitative estimate of drug-likeness (QED) is 0.0914. The van der Waals surface area contributed by atoms with Crippen LogP contribution in [0.2, 0.25) is 0 Å². The van der Waals surface area contributed by atoms with Crippen LogP contribution in [0, 0.1) is 0 Å². The van der Waals surface area contributed by atoms with E-state index < -0.39 is 62.3 Å². The summed E-state index contributed by atoms with van der Waals surface area (Å²) in [5.41, 5.74) is 7.27.